The third kappa shape index (κ3) is 2.45. The van der Waals surface area contributed by atoms with Crippen LogP contribution >= 0.6 is 0 Å². The van der Waals surface area contributed by atoms with Crippen molar-refractivity contribution in [3.05, 3.63) is 63.7 Å². The lowest BCUT2D eigenvalue weighted by molar-refractivity contribution is -0.385. The predicted octanol–water partition coefficient (Wildman–Crippen LogP) is 2.48. The summed E-state index contributed by atoms with van der Waals surface area (Å²) in [6.07, 6.45) is 0. The van der Waals surface area contributed by atoms with Crippen molar-refractivity contribution in [3.63, 3.8) is 0 Å². The Balaban J connectivity index is 1.68. The summed E-state index contributed by atoms with van der Waals surface area (Å²) in [6, 6.07) is 11.0. The molecule has 0 saturated carbocycles. The Morgan fingerprint density at radius 3 is 2.50 bits per heavy atom. The zero-order valence-corrected chi connectivity index (χ0v) is 17.8. The summed E-state index contributed by atoms with van der Waals surface area (Å²) in [4.78, 5) is 52.6. The van der Waals surface area contributed by atoms with Gasteiger partial charge in [-0.15, -0.1) is 0 Å². The minimum Gasteiger partial charge on any atom is -0.324 e. The van der Waals surface area contributed by atoms with Gasteiger partial charge in [-0.3, -0.25) is 29.8 Å². The number of nitro groups is 1. The molecule has 2 fully saturated rings. The van der Waals surface area contributed by atoms with Gasteiger partial charge in [0.05, 0.1) is 22.4 Å². The van der Waals surface area contributed by atoms with Crippen LogP contribution in [0.2, 0.25) is 0 Å². The van der Waals surface area contributed by atoms with Crippen LogP contribution in [0.5, 0.6) is 0 Å². The molecular weight excluding hydrogens is 412 g/mol. The van der Waals surface area contributed by atoms with Crippen LogP contribution in [0.1, 0.15) is 25.0 Å². The van der Waals surface area contributed by atoms with Crippen LogP contribution in [0.4, 0.5) is 17.1 Å². The lowest BCUT2D eigenvalue weighted by atomic mass is 9.76. The summed E-state index contributed by atoms with van der Waals surface area (Å²) in [6.45, 7) is 5.46. The Morgan fingerprint density at radius 1 is 1.09 bits per heavy atom. The molecule has 0 aliphatic carbocycles. The molecule has 0 radical (unpaired) electrons. The quantitative estimate of drug-likeness (QED) is 0.435. The third-order valence-electron chi connectivity index (χ3n) is 6.92. The fraction of sp³-hybridized carbons (Fsp3) is 0.348. The number of amides is 3. The van der Waals surface area contributed by atoms with Gasteiger partial charge in [-0.2, -0.15) is 0 Å². The number of fused-ring (bicyclic) bond motifs is 4. The topological polar surface area (TPSA) is 122 Å². The van der Waals surface area contributed by atoms with Crippen molar-refractivity contribution in [2.75, 3.05) is 10.2 Å². The minimum absolute atomic E-state index is 0.0357. The van der Waals surface area contributed by atoms with Crippen molar-refractivity contribution in [3.8, 4) is 0 Å². The second-order valence-electron chi connectivity index (χ2n) is 8.97. The number of carbonyl (C=O) groups is 3. The van der Waals surface area contributed by atoms with Crippen molar-refractivity contribution in [1.29, 1.82) is 0 Å². The smallest absolute Gasteiger partial charge is 0.274 e. The molecule has 2 aromatic carbocycles. The Morgan fingerprint density at radius 2 is 1.81 bits per heavy atom. The Kier molecular flexibility index (Phi) is 4.26. The van der Waals surface area contributed by atoms with E-state index in [1.165, 1.54) is 18.2 Å². The van der Waals surface area contributed by atoms with Crippen LogP contribution in [0, 0.1) is 34.8 Å². The molecule has 3 heterocycles. The van der Waals surface area contributed by atoms with Crippen LogP contribution in [-0.4, -0.2) is 28.7 Å². The number of nitrogens with zero attached hydrogens (tertiary/aromatic N) is 2. The first-order valence-corrected chi connectivity index (χ1v) is 10.5. The molecule has 9 nitrogen and oxygen atoms in total. The van der Waals surface area contributed by atoms with E-state index < -0.39 is 40.2 Å². The number of anilines is 2. The molecule has 3 aliphatic heterocycles. The average Bonchev–Trinajstić information content (AvgIpc) is 3.34. The van der Waals surface area contributed by atoms with Gasteiger partial charge in [0.1, 0.15) is 5.54 Å². The van der Waals surface area contributed by atoms with Gasteiger partial charge in [-0.1, -0.05) is 38.1 Å². The number of para-hydroxylation sites is 1. The predicted molar refractivity (Wildman–Crippen MR) is 116 cm³/mol. The van der Waals surface area contributed by atoms with Crippen LogP contribution < -0.4 is 15.5 Å². The molecule has 2 aromatic rings. The third-order valence-corrected chi connectivity index (χ3v) is 6.92. The summed E-state index contributed by atoms with van der Waals surface area (Å²) < 4.78 is 0. The molecule has 3 aliphatic rings. The maximum absolute atomic E-state index is 13.8. The van der Waals surface area contributed by atoms with Crippen molar-refractivity contribution in [2.45, 2.75) is 32.4 Å². The first-order chi connectivity index (χ1) is 15.2. The van der Waals surface area contributed by atoms with E-state index in [2.05, 4.69) is 10.6 Å². The number of imide groups is 1. The summed E-state index contributed by atoms with van der Waals surface area (Å²) in [7, 11) is 0. The van der Waals surface area contributed by atoms with Gasteiger partial charge < -0.3 is 5.32 Å². The lowest BCUT2D eigenvalue weighted by Gasteiger charge is -2.30. The molecule has 1 spiro atoms. The Hall–Kier alpha value is -3.59. The number of hydrogen-bond donors (Lipinski definition) is 2. The number of aryl methyl sites for hydroxylation is 1. The van der Waals surface area contributed by atoms with Gasteiger partial charge in [-0.25, -0.2) is 4.90 Å². The Bertz CT molecular complexity index is 1210. The van der Waals surface area contributed by atoms with E-state index in [-0.39, 0.29) is 23.2 Å². The first kappa shape index (κ1) is 20.3. The largest absolute Gasteiger partial charge is 0.324 e. The molecule has 4 atom stereocenters. The second kappa shape index (κ2) is 6.70. The minimum atomic E-state index is -1.37. The van der Waals surface area contributed by atoms with E-state index in [1.807, 2.05) is 13.8 Å². The standard InChI is InChI=1S/C23H22N4O5/c1-11(2)19-17-18(23(25-19)14-6-4-5-7-15(14)24-22(23)30)21(29)26(20(17)28)13-9-8-12(3)16(10-13)27(31)32/h4-11,17-19,25H,1-3H3,(H,24,30)/t17-,18+,19-,23-/m1/s1. The van der Waals surface area contributed by atoms with E-state index >= 15 is 0 Å². The molecule has 9 heteroatoms. The van der Waals surface area contributed by atoms with Gasteiger partial charge >= 0.3 is 0 Å². The number of benzene rings is 2. The molecule has 32 heavy (non-hydrogen) atoms. The molecular formula is C23H22N4O5. The zero-order chi connectivity index (χ0) is 22.9. The van der Waals surface area contributed by atoms with Crippen molar-refractivity contribution in [2.24, 2.45) is 17.8 Å². The molecule has 0 aromatic heterocycles. The number of carbonyl (C=O) groups excluding carboxylic acids is 3. The SMILES string of the molecule is Cc1ccc(N2C(=O)[C@H]3[C@@H](C(C)C)N[C@@]4(C(=O)Nc5ccccc54)[C@@H]3C2=O)cc1[N+](=O)[O-]. The van der Waals surface area contributed by atoms with Crippen LogP contribution in [-0.2, 0) is 19.9 Å². The average molecular weight is 434 g/mol. The molecule has 2 N–H and O–H groups in total. The maximum Gasteiger partial charge on any atom is 0.274 e. The number of nitro benzene ring substituents is 1. The summed E-state index contributed by atoms with van der Waals surface area (Å²) in [5.74, 6) is -3.09. The van der Waals surface area contributed by atoms with Crippen molar-refractivity contribution in [1.82, 2.24) is 5.32 Å². The maximum atomic E-state index is 13.8. The second-order valence-corrected chi connectivity index (χ2v) is 8.97. The number of rotatable bonds is 3. The highest BCUT2D eigenvalue weighted by molar-refractivity contribution is 6.25. The first-order valence-electron chi connectivity index (χ1n) is 10.5. The molecule has 164 valence electrons. The number of nitrogens with one attached hydrogen (secondary N) is 2. The van der Waals surface area contributed by atoms with E-state index in [1.54, 1.807) is 31.2 Å². The van der Waals surface area contributed by atoms with Crippen molar-refractivity contribution >= 4 is 34.8 Å². The van der Waals surface area contributed by atoms with Gasteiger partial charge in [0.15, 0.2) is 0 Å². The van der Waals surface area contributed by atoms with Crippen LogP contribution in [0.3, 0.4) is 0 Å². The Labute approximate surface area is 183 Å². The van der Waals surface area contributed by atoms with E-state index in [0.717, 1.165) is 4.90 Å². The van der Waals surface area contributed by atoms with Crippen LogP contribution in [0.15, 0.2) is 42.5 Å². The summed E-state index contributed by atoms with van der Waals surface area (Å²) in [5, 5.41) is 17.6. The van der Waals surface area contributed by atoms with E-state index in [0.29, 0.717) is 16.8 Å². The van der Waals surface area contributed by atoms with Gasteiger partial charge in [-0.05, 0) is 25.0 Å². The molecule has 5 rings (SSSR count). The molecule has 2 saturated heterocycles. The highest BCUT2D eigenvalue weighted by Crippen LogP contribution is 2.54. The van der Waals surface area contributed by atoms with E-state index in [4.69, 9.17) is 0 Å². The summed E-state index contributed by atoms with van der Waals surface area (Å²) >= 11 is 0. The van der Waals surface area contributed by atoms with Gasteiger partial charge in [0.2, 0.25) is 17.7 Å². The van der Waals surface area contributed by atoms with Gasteiger partial charge in [0, 0.05) is 28.9 Å². The molecule has 0 unspecified atom stereocenters. The molecule has 3 amide bonds. The normalized spacial score (nSPS) is 28.4. The van der Waals surface area contributed by atoms with Crippen molar-refractivity contribution < 1.29 is 19.3 Å². The lowest BCUT2D eigenvalue weighted by Crippen LogP contribution is -2.54. The zero-order valence-electron chi connectivity index (χ0n) is 17.8. The fourth-order valence-corrected chi connectivity index (χ4v) is 5.45. The van der Waals surface area contributed by atoms with E-state index in [9.17, 15) is 24.5 Å². The number of hydrogen-bond acceptors (Lipinski definition) is 6. The van der Waals surface area contributed by atoms with Gasteiger partial charge in [0.25, 0.3) is 5.69 Å². The van der Waals surface area contributed by atoms with Crippen LogP contribution in [0.25, 0.3) is 0 Å². The highest BCUT2D eigenvalue weighted by Gasteiger charge is 2.71. The molecule has 0 bridgehead atoms. The fourth-order valence-electron chi connectivity index (χ4n) is 5.45. The monoisotopic (exact) mass is 434 g/mol. The highest BCUT2D eigenvalue weighted by atomic mass is 16.6. The summed E-state index contributed by atoms with van der Waals surface area (Å²) in [5.41, 5.74) is 0.293.